The molecular weight excluding hydrogens is 354 g/mol. The monoisotopic (exact) mass is 381 g/mol. The van der Waals surface area contributed by atoms with Crippen molar-refractivity contribution < 1.29 is 9.59 Å². The normalized spacial score (nSPS) is 18.7. The van der Waals surface area contributed by atoms with E-state index in [2.05, 4.69) is 27.1 Å². The standard InChI is InChI=1S/C21H27N5O2/c1-2-11-26-12-8-17-18(23-15-22-17)21(26)9-13-25(14-10-21)20(28)19(27)24-16-6-4-3-5-7-16/h3-7,15H,2,8-14H2,1H3,(H,22,23)(H,24,27). The van der Waals surface area contributed by atoms with E-state index in [1.807, 2.05) is 18.2 Å². The lowest BCUT2D eigenvalue weighted by molar-refractivity contribution is -0.145. The second-order valence-electron chi connectivity index (χ2n) is 7.61. The number of aromatic nitrogens is 2. The highest BCUT2D eigenvalue weighted by Crippen LogP contribution is 2.42. The third-order valence-electron chi connectivity index (χ3n) is 5.99. The molecule has 1 fully saturated rings. The zero-order chi connectivity index (χ0) is 19.6. The Morgan fingerprint density at radius 1 is 1.18 bits per heavy atom. The number of nitrogens with one attached hydrogen (secondary N) is 2. The molecule has 0 radical (unpaired) electrons. The first-order chi connectivity index (χ1) is 13.6. The largest absolute Gasteiger partial charge is 0.348 e. The van der Waals surface area contributed by atoms with Crippen molar-refractivity contribution in [2.45, 2.75) is 38.1 Å². The van der Waals surface area contributed by atoms with Gasteiger partial charge >= 0.3 is 11.8 Å². The molecule has 1 aromatic heterocycles. The van der Waals surface area contributed by atoms with E-state index in [0.29, 0.717) is 18.8 Å². The Morgan fingerprint density at radius 2 is 1.93 bits per heavy atom. The summed E-state index contributed by atoms with van der Waals surface area (Å²) in [6.45, 7) is 5.35. The van der Waals surface area contributed by atoms with Gasteiger partial charge in [0, 0.05) is 37.4 Å². The Morgan fingerprint density at radius 3 is 2.64 bits per heavy atom. The maximum absolute atomic E-state index is 12.7. The van der Waals surface area contributed by atoms with Crippen LogP contribution in [-0.2, 0) is 21.5 Å². The molecule has 2 aromatic rings. The number of para-hydroxylation sites is 1. The lowest BCUT2D eigenvalue weighted by Gasteiger charge is -2.50. The number of H-pyrrole nitrogens is 1. The fourth-order valence-electron chi connectivity index (χ4n) is 4.60. The molecule has 7 heteroatoms. The van der Waals surface area contributed by atoms with Gasteiger partial charge in [0.1, 0.15) is 0 Å². The van der Waals surface area contributed by atoms with Gasteiger partial charge in [-0.3, -0.25) is 14.5 Å². The number of piperidine rings is 1. The van der Waals surface area contributed by atoms with Gasteiger partial charge in [0.25, 0.3) is 0 Å². The van der Waals surface area contributed by atoms with Crippen LogP contribution in [0.25, 0.3) is 0 Å². The van der Waals surface area contributed by atoms with Crippen LogP contribution in [0.5, 0.6) is 0 Å². The van der Waals surface area contributed by atoms with Crippen LogP contribution in [0.2, 0.25) is 0 Å². The van der Waals surface area contributed by atoms with Crippen molar-refractivity contribution in [2.75, 3.05) is 31.5 Å². The summed E-state index contributed by atoms with van der Waals surface area (Å²) in [5, 5.41) is 2.69. The second kappa shape index (κ2) is 7.75. The number of amides is 2. The van der Waals surface area contributed by atoms with Crippen molar-refractivity contribution in [1.82, 2.24) is 19.8 Å². The van der Waals surface area contributed by atoms with Crippen molar-refractivity contribution >= 4 is 17.5 Å². The van der Waals surface area contributed by atoms with Gasteiger partial charge in [-0.25, -0.2) is 4.98 Å². The minimum atomic E-state index is -0.573. The molecule has 2 amide bonds. The van der Waals surface area contributed by atoms with Gasteiger partial charge in [-0.2, -0.15) is 0 Å². The second-order valence-corrected chi connectivity index (χ2v) is 7.61. The van der Waals surface area contributed by atoms with Crippen LogP contribution >= 0.6 is 0 Å². The van der Waals surface area contributed by atoms with Crippen LogP contribution < -0.4 is 5.32 Å². The van der Waals surface area contributed by atoms with Gasteiger partial charge in [-0.1, -0.05) is 25.1 Å². The van der Waals surface area contributed by atoms with Crippen LogP contribution in [0.3, 0.4) is 0 Å². The number of aromatic amines is 1. The van der Waals surface area contributed by atoms with Gasteiger partial charge in [0.15, 0.2) is 0 Å². The van der Waals surface area contributed by atoms with Crippen LogP contribution in [0.15, 0.2) is 36.7 Å². The van der Waals surface area contributed by atoms with Gasteiger partial charge in [0.2, 0.25) is 0 Å². The van der Waals surface area contributed by atoms with Crippen molar-refractivity contribution in [3.8, 4) is 0 Å². The molecule has 7 nitrogen and oxygen atoms in total. The van der Waals surface area contributed by atoms with Crippen LogP contribution in [0.1, 0.15) is 37.6 Å². The molecule has 0 unspecified atom stereocenters. The third kappa shape index (κ3) is 3.30. The average Bonchev–Trinajstić information content (AvgIpc) is 3.21. The van der Waals surface area contributed by atoms with Crippen LogP contribution in [0.4, 0.5) is 5.69 Å². The number of likely N-dealkylation sites (tertiary alicyclic amines) is 1. The number of anilines is 1. The minimum Gasteiger partial charge on any atom is -0.348 e. The Bertz CT molecular complexity index is 839. The van der Waals surface area contributed by atoms with Gasteiger partial charge in [-0.15, -0.1) is 0 Å². The van der Waals surface area contributed by atoms with E-state index in [4.69, 9.17) is 0 Å². The Kier molecular flexibility index (Phi) is 5.17. The average molecular weight is 381 g/mol. The summed E-state index contributed by atoms with van der Waals surface area (Å²) in [4.78, 5) is 37.2. The van der Waals surface area contributed by atoms with Gasteiger partial charge in [-0.05, 0) is 37.9 Å². The van der Waals surface area contributed by atoms with Crippen LogP contribution in [0, 0.1) is 0 Å². The van der Waals surface area contributed by atoms with E-state index in [0.717, 1.165) is 44.5 Å². The van der Waals surface area contributed by atoms with E-state index >= 15 is 0 Å². The molecule has 0 bridgehead atoms. The third-order valence-corrected chi connectivity index (χ3v) is 5.99. The Hall–Kier alpha value is -2.67. The molecule has 0 atom stereocenters. The van der Waals surface area contributed by atoms with Crippen molar-refractivity contribution in [3.63, 3.8) is 0 Å². The number of hydrogen-bond donors (Lipinski definition) is 2. The van der Waals surface area contributed by atoms with E-state index < -0.39 is 11.8 Å². The summed E-state index contributed by atoms with van der Waals surface area (Å²) >= 11 is 0. The summed E-state index contributed by atoms with van der Waals surface area (Å²) in [5.74, 6) is -1.03. The van der Waals surface area contributed by atoms with Gasteiger partial charge < -0.3 is 15.2 Å². The summed E-state index contributed by atoms with van der Waals surface area (Å²) in [5.41, 5.74) is 2.86. The van der Waals surface area contributed by atoms with E-state index in [-0.39, 0.29) is 5.54 Å². The molecule has 28 heavy (non-hydrogen) atoms. The predicted octanol–water partition coefficient (Wildman–Crippen LogP) is 2.13. The lowest BCUT2D eigenvalue weighted by Crippen LogP contribution is -2.58. The number of hydrogen-bond acceptors (Lipinski definition) is 4. The number of imidazole rings is 1. The Balaban J connectivity index is 1.46. The highest BCUT2D eigenvalue weighted by atomic mass is 16.2. The summed E-state index contributed by atoms with van der Waals surface area (Å²) < 4.78 is 0. The highest BCUT2D eigenvalue weighted by molar-refractivity contribution is 6.39. The van der Waals surface area contributed by atoms with Crippen molar-refractivity contribution in [1.29, 1.82) is 0 Å². The van der Waals surface area contributed by atoms with E-state index in [1.54, 1.807) is 23.4 Å². The number of carbonyl (C=O) groups is 2. The fraction of sp³-hybridized carbons (Fsp3) is 0.476. The number of rotatable bonds is 3. The molecule has 1 saturated heterocycles. The SMILES string of the molecule is CCCN1CCc2[nH]cnc2C12CCN(C(=O)C(=O)Nc1ccccc1)CC2. The highest BCUT2D eigenvalue weighted by Gasteiger charge is 2.47. The molecule has 3 heterocycles. The molecule has 1 aromatic carbocycles. The predicted molar refractivity (Wildman–Crippen MR) is 107 cm³/mol. The summed E-state index contributed by atoms with van der Waals surface area (Å²) in [7, 11) is 0. The van der Waals surface area contributed by atoms with E-state index in [9.17, 15) is 9.59 Å². The summed E-state index contributed by atoms with van der Waals surface area (Å²) in [6, 6.07) is 9.09. The molecule has 0 aliphatic carbocycles. The first kappa shape index (κ1) is 18.7. The lowest BCUT2D eigenvalue weighted by atomic mass is 9.78. The number of carbonyl (C=O) groups excluding carboxylic acids is 2. The molecule has 2 N–H and O–H groups in total. The summed E-state index contributed by atoms with van der Waals surface area (Å²) in [6.07, 6.45) is 5.46. The minimum absolute atomic E-state index is 0.129. The van der Waals surface area contributed by atoms with E-state index in [1.165, 1.54) is 5.69 Å². The number of benzene rings is 1. The quantitative estimate of drug-likeness (QED) is 0.798. The zero-order valence-electron chi connectivity index (χ0n) is 16.3. The number of nitrogens with zero attached hydrogens (tertiary/aromatic N) is 3. The molecular formula is C21H27N5O2. The molecule has 1 spiro atoms. The molecule has 0 saturated carbocycles. The van der Waals surface area contributed by atoms with Gasteiger partial charge in [0.05, 0.1) is 17.6 Å². The molecule has 2 aliphatic heterocycles. The smallest absolute Gasteiger partial charge is 0.313 e. The first-order valence-electron chi connectivity index (χ1n) is 10.1. The van der Waals surface area contributed by atoms with Crippen molar-refractivity contribution in [2.24, 2.45) is 0 Å². The van der Waals surface area contributed by atoms with Crippen LogP contribution in [-0.4, -0.2) is 57.8 Å². The topological polar surface area (TPSA) is 81.3 Å². The fourth-order valence-corrected chi connectivity index (χ4v) is 4.60. The molecule has 2 aliphatic rings. The molecule has 148 valence electrons. The first-order valence-corrected chi connectivity index (χ1v) is 10.1. The number of fused-ring (bicyclic) bond motifs is 2. The molecule has 4 rings (SSSR count). The zero-order valence-corrected chi connectivity index (χ0v) is 16.3. The maximum atomic E-state index is 12.7. The van der Waals surface area contributed by atoms with Crippen molar-refractivity contribution in [3.05, 3.63) is 48.0 Å². The maximum Gasteiger partial charge on any atom is 0.313 e. The Labute approximate surface area is 165 Å².